The maximum atomic E-state index is 14.2. The minimum absolute atomic E-state index is 0.217. The molecule has 32 heavy (non-hydrogen) atoms. The van der Waals surface area contributed by atoms with Gasteiger partial charge in [0.1, 0.15) is 0 Å². The second-order valence-corrected chi connectivity index (χ2v) is 8.79. The van der Waals surface area contributed by atoms with Crippen LogP contribution in [-0.2, 0) is 19.3 Å². The highest BCUT2D eigenvalue weighted by Crippen LogP contribution is 2.37. The predicted octanol–water partition coefficient (Wildman–Crippen LogP) is 8.27. The highest BCUT2D eigenvalue weighted by molar-refractivity contribution is 5.84. The summed E-state index contributed by atoms with van der Waals surface area (Å²) in [5, 5.41) is 2.41. The Balaban J connectivity index is 1.49. The molecule has 0 aliphatic heterocycles. The third-order valence-electron chi connectivity index (χ3n) is 6.43. The van der Waals surface area contributed by atoms with Crippen LogP contribution in [0.1, 0.15) is 67.2 Å². The van der Waals surface area contributed by atoms with Gasteiger partial charge in [0.05, 0.1) is 0 Å². The first kappa shape index (κ1) is 22.6. The van der Waals surface area contributed by atoms with E-state index in [2.05, 4.69) is 48.1 Å². The van der Waals surface area contributed by atoms with Gasteiger partial charge in [0, 0.05) is 0 Å². The lowest BCUT2D eigenvalue weighted by Crippen LogP contribution is -2.19. The van der Waals surface area contributed by atoms with Gasteiger partial charge < -0.3 is 4.74 Å². The molecule has 3 aromatic carbocycles. The number of fused-ring (bicyclic) bond motifs is 2. The molecule has 0 radical (unpaired) electrons. The Bertz CT molecular complexity index is 1090. The number of ether oxygens (including phenoxy) is 1. The predicted molar refractivity (Wildman–Crippen MR) is 120 cm³/mol. The third kappa shape index (κ3) is 5.43. The van der Waals surface area contributed by atoms with Crippen LogP contribution in [0.25, 0.3) is 10.8 Å². The molecule has 0 saturated carbocycles. The summed E-state index contributed by atoms with van der Waals surface area (Å²) in [6.07, 6.45) is 3.22. The van der Waals surface area contributed by atoms with Crippen LogP contribution >= 0.6 is 0 Å². The number of aryl methyl sites for hydroxylation is 2. The highest BCUT2D eigenvalue weighted by Gasteiger charge is 2.33. The van der Waals surface area contributed by atoms with Crippen molar-refractivity contribution < 1.29 is 22.3 Å². The number of hydrogen-bond donors (Lipinski definition) is 0. The maximum Gasteiger partial charge on any atom is 0.573 e. The molecular weight excluding hydrogens is 416 g/mol. The second kappa shape index (κ2) is 9.51. The van der Waals surface area contributed by atoms with E-state index in [1.165, 1.54) is 59.7 Å². The number of halogens is 4. The molecule has 3 aromatic rings. The van der Waals surface area contributed by atoms with Crippen LogP contribution in [0.3, 0.4) is 0 Å². The Hall–Kier alpha value is -2.56. The van der Waals surface area contributed by atoms with E-state index in [1.54, 1.807) is 0 Å². The van der Waals surface area contributed by atoms with Crippen molar-refractivity contribution in [1.82, 2.24) is 0 Å². The largest absolute Gasteiger partial charge is 0.573 e. The number of benzene rings is 3. The fourth-order valence-electron chi connectivity index (χ4n) is 4.72. The van der Waals surface area contributed by atoms with Crippen molar-refractivity contribution in [3.63, 3.8) is 0 Å². The average molecular weight is 445 g/mol. The zero-order chi connectivity index (χ0) is 22.7. The van der Waals surface area contributed by atoms with Crippen LogP contribution < -0.4 is 4.74 Å². The van der Waals surface area contributed by atoms with E-state index in [4.69, 9.17) is 0 Å². The van der Waals surface area contributed by atoms with Crippen molar-refractivity contribution in [2.75, 3.05) is 0 Å². The Labute approximate surface area is 186 Å². The van der Waals surface area contributed by atoms with Crippen LogP contribution in [0.4, 0.5) is 17.6 Å². The fourth-order valence-corrected chi connectivity index (χ4v) is 4.72. The Morgan fingerprint density at radius 2 is 1.69 bits per heavy atom. The molecule has 4 rings (SSSR count). The van der Waals surface area contributed by atoms with Gasteiger partial charge in [-0.2, -0.15) is 0 Å². The zero-order valence-electron chi connectivity index (χ0n) is 18.3. The number of hydrogen-bond acceptors (Lipinski definition) is 1. The van der Waals surface area contributed by atoms with E-state index in [-0.39, 0.29) is 5.92 Å². The molecule has 0 bridgehead atoms. The van der Waals surface area contributed by atoms with Gasteiger partial charge in [-0.3, -0.25) is 0 Å². The Morgan fingerprint density at radius 3 is 2.47 bits per heavy atom. The van der Waals surface area contributed by atoms with Crippen molar-refractivity contribution in [2.45, 2.75) is 70.6 Å². The van der Waals surface area contributed by atoms with Crippen LogP contribution in [0.2, 0.25) is 0 Å². The number of alkyl halides is 3. The van der Waals surface area contributed by atoms with Crippen LogP contribution in [0.5, 0.6) is 5.75 Å². The summed E-state index contributed by atoms with van der Waals surface area (Å²) in [7, 11) is 0. The minimum Gasteiger partial charge on any atom is -0.403 e. The van der Waals surface area contributed by atoms with Gasteiger partial charge in [-0.05, 0) is 83.2 Å². The van der Waals surface area contributed by atoms with Gasteiger partial charge in [0.2, 0.25) is 0 Å². The SMILES string of the molecule is CCCCCCc1ccc2cc(C3CCc4cc(OC(F)(F)F)c(F)cc4C3)ccc2c1. The first-order valence-corrected chi connectivity index (χ1v) is 11.4. The van der Waals surface area contributed by atoms with E-state index in [1.807, 2.05) is 0 Å². The van der Waals surface area contributed by atoms with Gasteiger partial charge in [0.15, 0.2) is 11.6 Å². The average Bonchev–Trinajstić information content (AvgIpc) is 2.75. The van der Waals surface area contributed by atoms with Crippen LogP contribution in [0.15, 0.2) is 48.5 Å². The molecule has 1 aliphatic rings. The van der Waals surface area contributed by atoms with Crippen molar-refractivity contribution >= 4 is 10.8 Å². The van der Waals surface area contributed by atoms with Crippen molar-refractivity contribution in [2.24, 2.45) is 0 Å². The molecule has 1 aliphatic carbocycles. The molecule has 0 aromatic heterocycles. The van der Waals surface area contributed by atoms with Gasteiger partial charge in [-0.15, -0.1) is 13.2 Å². The standard InChI is InChI=1S/C27H28F4O/c1-2-3-4-5-6-18-7-8-20-14-21(10-9-19(20)13-18)22-11-12-23-17-26(32-27(29,30)31)25(28)16-24(23)15-22/h7-10,13-14,16-17,22H,2-6,11-12,15H2,1H3. The molecule has 0 heterocycles. The van der Waals surface area contributed by atoms with Gasteiger partial charge in [-0.1, -0.05) is 62.6 Å². The summed E-state index contributed by atoms with van der Waals surface area (Å²) >= 11 is 0. The molecule has 0 spiro atoms. The van der Waals surface area contributed by atoms with Crippen molar-refractivity contribution in [1.29, 1.82) is 0 Å². The molecule has 0 amide bonds. The molecule has 5 heteroatoms. The van der Waals surface area contributed by atoms with Crippen molar-refractivity contribution in [3.8, 4) is 5.75 Å². The van der Waals surface area contributed by atoms with Gasteiger partial charge in [0.25, 0.3) is 0 Å². The summed E-state index contributed by atoms with van der Waals surface area (Å²) in [4.78, 5) is 0. The quantitative estimate of drug-likeness (QED) is 0.263. The zero-order valence-corrected chi connectivity index (χ0v) is 18.3. The molecule has 0 fully saturated rings. The van der Waals surface area contributed by atoms with E-state index >= 15 is 0 Å². The molecule has 170 valence electrons. The highest BCUT2D eigenvalue weighted by atomic mass is 19.4. The molecule has 1 unspecified atom stereocenters. The van der Waals surface area contributed by atoms with E-state index in [9.17, 15) is 17.6 Å². The third-order valence-corrected chi connectivity index (χ3v) is 6.43. The molecular formula is C27H28F4O. The Morgan fingerprint density at radius 1 is 0.906 bits per heavy atom. The molecule has 0 N–H and O–H groups in total. The van der Waals surface area contributed by atoms with E-state index in [0.717, 1.165) is 24.0 Å². The van der Waals surface area contributed by atoms with Crippen molar-refractivity contribution in [3.05, 3.63) is 76.6 Å². The maximum absolute atomic E-state index is 14.2. The first-order valence-electron chi connectivity index (χ1n) is 11.4. The summed E-state index contributed by atoms with van der Waals surface area (Å²) in [6, 6.07) is 15.5. The number of rotatable bonds is 7. The van der Waals surface area contributed by atoms with E-state index in [0.29, 0.717) is 12.8 Å². The normalized spacial score (nSPS) is 16.2. The lowest BCUT2D eigenvalue weighted by molar-refractivity contribution is -0.275. The second-order valence-electron chi connectivity index (χ2n) is 8.79. The van der Waals surface area contributed by atoms with Crippen LogP contribution in [-0.4, -0.2) is 6.36 Å². The van der Waals surface area contributed by atoms with Gasteiger partial charge >= 0.3 is 6.36 Å². The summed E-state index contributed by atoms with van der Waals surface area (Å²) in [5.41, 5.74) is 4.04. The summed E-state index contributed by atoms with van der Waals surface area (Å²) < 4.78 is 55.5. The fraction of sp³-hybridized carbons (Fsp3) is 0.407. The van der Waals surface area contributed by atoms with E-state index < -0.39 is 17.9 Å². The molecule has 0 saturated heterocycles. The monoisotopic (exact) mass is 444 g/mol. The first-order chi connectivity index (χ1) is 15.3. The summed E-state index contributed by atoms with van der Waals surface area (Å²) in [6.45, 7) is 2.22. The Kier molecular flexibility index (Phi) is 6.73. The van der Waals surface area contributed by atoms with Crippen LogP contribution in [0, 0.1) is 5.82 Å². The molecule has 1 nitrogen and oxygen atoms in total. The van der Waals surface area contributed by atoms with Gasteiger partial charge in [-0.25, -0.2) is 4.39 Å². The lowest BCUT2D eigenvalue weighted by Gasteiger charge is -2.26. The minimum atomic E-state index is -4.90. The smallest absolute Gasteiger partial charge is 0.403 e. The molecule has 1 atom stereocenters. The number of unbranched alkanes of at least 4 members (excludes halogenated alkanes) is 3. The summed E-state index contributed by atoms with van der Waals surface area (Å²) in [5.74, 6) is -1.49. The topological polar surface area (TPSA) is 9.23 Å². The lowest BCUT2D eigenvalue weighted by atomic mass is 9.79.